The van der Waals surface area contributed by atoms with E-state index in [-0.39, 0.29) is 16.3 Å². The maximum atomic E-state index is 13.2. The Morgan fingerprint density at radius 2 is 1.95 bits per heavy atom. The van der Waals surface area contributed by atoms with Gasteiger partial charge in [0.05, 0.1) is 10.5 Å². The quantitative estimate of drug-likeness (QED) is 0.944. The number of aryl methyl sites for hydroxylation is 2. The summed E-state index contributed by atoms with van der Waals surface area (Å²) in [6.45, 7) is 3.56. The van der Waals surface area contributed by atoms with Crippen molar-refractivity contribution >= 4 is 15.8 Å². The lowest BCUT2D eigenvalue weighted by Gasteiger charge is -2.09. The molecule has 5 nitrogen and oxygen atoms in total. The molecule has 21 heavy (non-hydrogen) atoms. The average molecular weight is 305 g/mol. The fraction of sp³-hybridized carbons (Fsp3) is 0.143. The number of anilines is 1. The zero-order chi connectivity index (χ0) is 15.6. The van der Waals surface area contributed by atoms with Crippen molar-refractivity contribution in [3.05, 3.63) is 53.0 Å². The van der Waals surface area contributed by atoms with Gasteiger partial charge in [0.1, 0.15) is 17.7 Å². The summed E-state index contributed by atoms with van der Waals surface area (Å²) in [7, 11) is -3.93. The Balaban J connectivity index is 2.41. The van der Waals surface area contributed by atoms with Gasteiger partial charge in [0, 0.05) is 5.69 Å². The summed E-state index contributed by atoms with van der Waals surface area (Å²) < 4.78 is 40.0. The molecule has 108 valence electrons. The number of aromatic nitrogens is 1. The predicted octanol–water partition coefficient (Wildman–Crippen LogP) is 2.51. The van der Waals surface area contributed by atoms with Gasteiger partial charge in [0.25, 0.3) is 10.0 Å². The SMILES string of the molecule is Cc1cc(C)nc(NS(=O)(=O)c2ccc(F)c(C#N)c2)c1. The molecule has 0 bridgehead atoms. The molecule has 0 aliphatic heterocycles. The van der Waals surface area contributed by atoms with E-state index in [1.807, 2.05) is 13.0 Å². The van der Waals surface area contributed by atoms with Crippen molar-refractivity contribution in [1.82, 2.24) is 4.98 Å². The van der Waals surface area contributed by atoms with E-state index < -0.39 is 15.8 Å². The van der Waals surface area contributed by atoms with Gasteiger partial charge in [0.15, 0.2) is 0 Å². The van der Waals surface area contributed by atoms with E-state index in [0.717, 1.165) is 23.8 Å². The topological polar surface area (TPSA) is 82.8 Å². The molecule has 0 unspecified atom stereocenters. The second-order valence-corrected chi connectivity index (χ2v) is 6.21. The number of nitriles is 1. The Labute approximate surface area is 122 Å². The summed E-state index contributed by atoms with van der Waals surface area (Å²) in [5.74, 6) is -0.587. The minimum atomic E-state index is -3.93. The zero-order valence-corrected chi connectivity index (χ0v) is 12.2. The van der Waals surface area contributed by atoms with E-state index in [9.17, 15) is 12.8 Å². The van der Waals surface area contributed by atoms with E-state index in [0.29, 0.717) is 5.69 Å². The number of nitrogens with zero attached hydrogens (tertiary/aromatic N) is 2. The summed E-state index contributed by atoms with van der Waals surface area (Å²) >= 11 is 0. The molecule has 1 heterocycles. The van der Waals surface area contributed by atoms with Gasteiger partial charge in [-0.25, -0.2) is 17.8 Å². The number of sulfonamides is 1. The van der Waals surface area contributed by atoms with Gasteiger partial charge in [-0.3, -0.25) is 4.72 Å². The number of pyridine rings is 1. The first kappa shape index (κ1) is 14.9. The van der Waals surface area contributed by atoms with Crippen LogP contribution in [-0.4, -0.2) is 13.4 Å². The van der Waals surface area contributed by atoms with Crippen LogP contribution in [0.4, 0.5) is 10.2 Å². The summed E-state index contributed by atoms with van der Waals surface area (Å²) in [4.78, 5) is 3.88. The van der Waals surface area contributed by atoms with Gasteiger partial charge in [-0.2, -0.15) is 5.26 Å². The molecular weight excluding hydrogens is 293 g/mol. The molecule has 0 aliphatic rings. The average Bonchev–Trinajstić information content (AvgIpc) is 2.37. The van der Waals surface area contributed by atoms with E-state index >= 15 is 0 Å². The molecule has 0 aliphatic carbocycles. The molecule has 0 saturated carbocycles. The summed E-state index contributed by atoms with van der Waals surface area (Å²) in [6, 6.07) is 8.03. The molecule has 0 radical (unpaired) electrons. The van der Waals surface area contributed by atoms with Crippen LogP contribution in [0.1, 0.15) is 16.8 Å². The van der Waals surface area contributed by atoms with Gasteiger partial charge in [-0.1, -0.05) is 0 Å². The van der Waals surface area contributed by atoms with Crippen LogP contribution in [0.25, 0.3) is 0 Å². The van der Waals surface area contributed by atoms with Crippen LogP contribution in [-0.2, 0) is 10.0 Å². The maximum Gasteiger partial charge on any atom is 0.263 e. The molecule has 1 N–H and O–H groups in total. The number of hydrogen-bond donors (Lipinski definition) is 1. The van der Waals surface area contributed by atoms with Crippen LogP contribution < -0.4 is 4.72 Å². The molecule has 0 atom stereocenters. The van der Waals surface area contributed by atoms with E-state index in [1.54, 1.807) is 19.1 Å². The van der Waals surface area contributed by atoms with Crippen molar-refractivity contribution in [2.24, 2.45) is 0 Å². The van der Waals surface area contributed by atoms with Gasteiger partial charge >= 0.3 is 0 Å². The summed E-state index contributed by atoms with van der Waals surface area (Å²) in [6.07, 6.45) is 0. The van der Waals surface area contributed by atoms with E-state index in [2.05, 4.69) is 9.71 Å². The van der Waals surface area contributed by atoms with Crippen LogP contribution in [0.2, 0.25) is 0 Å². The largest absolute Gasteiger partial charge is 0.263 e. The van der Waals surface area contributed by atoms with Crippen LogP contribution in [0.5, 0.6) is 0 Å². The molecule has 0 fully saturated rings. The first-order chi connectivity index (χ1) is 9.81. The molecule has 1 aromatic carbocycles. The Morgan fingerprint density at radius 3 is 2.57 bits per heavy atom. The minimum Gasteiger partial charge on any atom is -0.263 e. The molecule has 7 heteroatoms. The van der Waals surface area contributed by atoms with Crippen molar-refractivity contribution in [1.29, 1.82) is 5.26 Å². The fourth-order valence-electron chi connectivity index (χ4n) is 1.85. The van der Waals surface area contributed by atoms with Crippen molar-refractivity contribution < 1.29 is 12.8 Å². The second kappa shape index (κ2) is 5.50. The molecular formula is C14H12FN3O2S. The van der Waals surface area contributed by atoms with Crippen molar-refractivity contribution in [3.63, 3.8) is 0 Å². The molecule has 2 rings (SSSR count). The zero-order valence-electron chi connectivity index (χ0n) is 11.4. The van der Waals surface area contributed by atoms with Gasteiger partial charge in [-0.15, -0.1) is 0 Å². The van der Waals surface area contributed by atoms with E-state index in [4.69, 9.17) is 5.26 Å². The highest BCUT2D eigenvalue weighted by Gasteiger charge is 2.17. The highest BCUT2D eigenvalue weighted by molar-refractivity contribution is 7.92. The van der Waals surface area contributed by atoms with Gasteiger partial charge < -0.3 is 0 Å². The van der Waals surface area contributed by atoms with E-state index in [1.165, 1.54) is 0 Å². The highest BCUT2D eigenvalue weighted by Crippen LogP contribution is 2.18. The summed E-state index contributed by atoms with van der Waals surface area (Å²) in [5, 5.41) is 8.75. The third-order valence-corrected chi connectivity index (χ3v) is 4.06. The lowest BCUT2D eigenvalue weighted by molar-refractivity contribution is 0.599. The van der Waals surface area contributed by atoms with Gasteiger partial charge in [-0.05, 0) is 49.7 Å². The minimum absolute atomic E-state index is 0.176. The molecule has 0 spiro atoms. The lowest BCUT2D eigenvalue weighted by atomic mass is 10.2. The van der Waals surface area contributed by atoms with Crippen LogP contribution in [0.3, 0.4) is 0 Å². The number of rotatable bonds is 3. The second-order valence-electron chi connectivity index (χ2n) is 4.53. The number of nitrogens with one attached hydrogen (secondary N) is 1. The first-order valence-corrected chi connectivity index (χ1v) is 7.48. The molecule has 2 aromatic rings. The summed E-state index contributed by atoms with van der Waals surface area (Å²) in [5.41, 5.74) is 1.20. The highest BCUT2D eigenvalue weighted by atomic mass is 32.2. The normalized spacial score (nSPS) is 11.0. The number of hydrogen-bond acceptors (Lipinski definition) is 4. The number of halogens is 1. The van der Waals surface area contributed by atoms with Gasteiger partial charge in [0.2, 0.25) is 0 Å². The Hall–Kier alpha value is -2.46. The standard InChI is InChI=1S/C14H12FN3O2S/c1-9-5-10(2)17-14(6-9)18-21(19,20)12-3-4-13(15)11(7-12)8-16/h3-7H,1-2H3,(H,17,18). The Bertz CT molecular complexity index is 822. The smallest absolute Gasteiger partial charge is 0.263 e. The predicted molar refractivity (Wildman–Crippen MR) is 75.6 cm³/mol. The molecule has 0 saturated heterocycles. The van der Waals surface area contributed by atoms with Crippen LogP contribution in [0, 0.1) is 31.0 Å². The lowest BCUT2D eigenvalue weighted by Crippen LogP contribution is -2.14. The van der Waals surface area contributed by atoms with Crippen molar-refractivity contribution in [3.8, 4) is 6.07 Å². The number of benzene rings is 1. The fourth-order valence-corrected chi connectivity index (χ4v) is 2.87. The molecule has 1 aromatic heterocycles. The van der Waals surface area contributed by atoms with Crippen LogP contribution >= 0.6 is 0 Å². The Morgan fingerprint density at radius 1 is 1.24 bits per heavy atom. The first-order valence-electron chi connectivity index (χ1n) is 5.99. The molecule has 0 amide bonds. The van der Waals surface area contributed by atoms with Crippen molar-refractivity contribution in [2.45, 2.75) is 18.7 Å². The van der Waals surface area contributed by atoms with Crippen LogP contribution in [0.15, 0.2) is 35.2 Å². The third kappa shape index (κ3) is 3.35. The Kier molecular flexibility index (Phi) is 3.91. The maximum absolute atomic E-state index is 13.2. The van der Waals surface area contributed by atoms with Crippen molar-refractivity contribution in [2.75, 3.05) is 4.72 Å². The monoisotopic (exact) mass is 305 g/mol. The third-order valence-electron chi connectivity index (χ3n) is 2.71.